The van der Waals surface area contributed by atoms with Gasteiger partial charge in [0.05, 0.1) is 6.61 Å². The zero-order valence-electron chi connectivity index (χ0n) is 13.1. The van der Waals surface area contributed by atoms with Gasteiger partial charge in [0.1, 0.15) is 0 Å². The second-order valence-electron chi connectivity index (χ2n) is 6.25. The molecule has 3 heteroatoms. The molecule has 1 atom stereocenters. The first-order valence-corrected chi connectivity index (χ1v) is 7.72. The Hall–Kier alpha value is -1.06. The van der Waals surface area contributed by atoms with Gasteiger partial charge in [-0.2, -0.15) is 0 Å². The predicted octanol–water partition coefficient (Wildman–Crippen LogP) is 2.90. The molecule has 1 unspecified atom stereocenters. The lowest BCUT2D eigenvalue weighted by atomic mass is 10.1. The smallest absolute Gasteiger partial charge is 0.0508 e. The van der Waals surface area contributed by atoms with Gasteiger partial charge in [0.25, 0.3) is 0 Å². The average Bonchev–Trinajstić information content (AvgIpc) is 2.88. The summed E-state index contributed by atoms with van der Waals surface area (Å²) >= 11 is 0. The van der Waals surface area contributed by atoms with Crippen molar-refractivity contribution in [1.82, 2.24) is 5.32 Å². The van der Waals surface area contributed by atoms with Crippen molar-refractivity contribution < 1.29 is 4.74 Å². The average molecular weight is 276 g/mol. The van der Waals surface area contributed by atoms with Crippen molar-refractivity contribution in [2.75, 3.05) is 38.3 Å². The maximum absolute atomic E-state index is 5.26. The van der Waals surface area contributed by atoms with Gasteiger partial charge in [-0.25, -0.2) is 0 Å². The van der Waals surface area contributed by atoms with Gasteiger partial charge in [-0.15, -0.1) is 0 Å². The normalized spacial score (nSPS) is 19.0. The van der Waals surface area contributed by atoms with Gasteiger partial charge in [-0.05, 0) is 36.6 Å². The van der Waals surface area contributed by atoms with E-state index in [4.69, 9.17) is 4.74 Å². The summed E-state index contributed by atoms with van der Waals surface area (Å²) in [7, 11) is 1.79. The number of hydrogen-bond donors (Lipinski definition) is 1. The van der Waals surface area contributed by atoms with E-state index in [2.05, 4.69) is 48.3 Å². The molecule has 1 N–H and O–H groups in total. The molecule has 1 fully saturated rings. The van der Waals surface area contributed by atoms with Crippen LogP contribution in [0.3, 0.4) is 0 Å². The molecule has 20 heavy (non-hydrogen) atoms. The number of hydrogen-bond acceptors (Lipinski definition) is 3. The Balaban J connectivity index is 1.82. The van der Waals surface area contributed by atoms with Gasteiger partial charge < -0.3 is 15.0 Å². The Morgan fingerprint density at radius 1 is 1.30 bits per heavy atom. The minimum absolute atomic E-state index is 0.687. The van der Waals surface area contributed by atoms with E-state index in [1.165, 1.54) is 17.7 Å². The van der Waals surface area contributed by atoms with Crippen LogP contribution in [0.2, 0.25) is 0 Å². The van der Waals surface area contributed by atoms with Crippen LogP contribution >= 0.6 is 0 Å². The number of rotatable bonds is 7. The molecule has 1 saturated heterocycles. The third-order valence-corrected chi connectivity index (χ3v) is 3.87. The Morgan fingerprint density at radius 2 is 2.05 bits per heavy atom. The fourth-order valence-corrected chi connectivity index (χ4v) is 2.77. The fourth-order valence-electron chi connectivity index (χ4n) is 2.77. The van der Waals surface area contributed by atoms with Gasteiger partial charge in [0, 0.05) is 38.3 Å². The van der Waals surface area contributed by atoms with Crippen LogP contribution in [0.1, 0.15) is 25.8 Å². The van der Waals surface area contributed by atoms with Crippen molar-refractivity contribution >= 4 is 5.69 Å². The van der Waals surface area contributed by atoms with Gasteiger partial charge in [0.15, 0.2) is 0 Å². The van der Waals surface area contributed by atoms with Crippen LogP contribution in [-0.4, -0.2) is 33.4 Å². The summed E-state index contributed by atoms with van der Waals surface area (Å²) in [5.74, 6) is 1.39. The third-order valence-electron chi connectivity index (χ3n) is 3.87. The molecule has 0 spiro atoms. The number of nitrogens with zero attached hydrogens (tertiary/aromatic N) is 1. The lowest BCUT2D eigenvalue weighted by molar-refractivity contribution is 0.161. The molecule has 3 nitrogen and oxygen atoms in total. The number of anilines is 1. The lowest BCUT2D eigenvalue weighted by Crippen LogP contribution is -2.21. The molecular weight excluding hydrogens is 248 g/mol. The highest BCUT2D eigenvalue weighted by Gasteiger charge is 2.22. The van der Waals surface area contributed by atoms with E-state index in [0.29, 0.717) is 11.8 Å². The first-order valence-electron chi connectivity index (χ1n) is 7.72. The summed E-state index contributed by atoms with van der Waals surface area (Å²) in [5, 5.41) is 3.48. The Bertz CT molecular complexity index is 388. The largest absolute Gasteiger partial charge is 0.384 e. The van der Waals surface area contributed by atoms with Crippen molar-refractivity contribution in [3.05, 3.63) is 29.8 Å². The number of benzene rings is 1. The fraction of sp³-hybridized carbons (Fsp3) is 0.647. The molecule has 0 radical (unpaired) electrons. The molecule has 1 heterocycles. The first kappa shape index (κ1) is 15.3. The molecule has 2 rings (SSSR count). The van der Waals surface area contributed by atoms with Crippen LogP contribution in [0, 0.1) is 11.8 Å². The highest BCUT2D eigenvalue weighted by Crippen LogP contribution is 2.24. The Kier molecular flexibility index (Phi) is 5.86. The Labute approximate surface area is 123 Å². The molecule has 1 aromatic carbocycles. The van der Waals surface area contributed by atoms with Gasteiger partial charge in [0.2, 0.25) is 0 Å². The first-order chi connectivity index (χ1) is 9.69. The van der Waals surface area contributed by atoms with Crippen LogP contribution in [0.15, 0.2) is 24.3 Å². The van der Waals surface area contributed by atoms with E-state index >= 15 is 0 Å². The van der Waals surface area contributed by atoms with E-state index in [9.17, 15) is 0 Å². The van der Waals surface area contributed by atoms with Crippen molar-refractivity contribution in [3.8, 4) is 0 Å². The van der Waals surface area contributed by atoms with E-state index in [-0.39, 0.29) is 0 Å². The zero-order chi connectivity index (χ0) is 14.4. The maximum atomic E-state index is 5.26. The van der Waals surface area contributed by atoms with E-state index < -0.39 is 0 Å². The SMILES string of the molecule is COCC1CCN(c2ccc(CNCC(C)C)cc2)C1. The maximum Gasteiger partial charge on any atom is 0.0508 e. The summed E-state index contributed by atoms with van der Waals surface area (Å²) in [5.41, 5.74) is 2.71. The Morgan fingerprint density at radius 3 is 2.70 bits per heavy atom. The van der Waals surface area contributed by atoms with Crippen molar-refractivity contribution in [2.24, 2.45) is 11.8 Å². The van der Waals surface area contributed by atoms with Crippen molar-refractivity contribution in [3.63, 3.8) is 0 Å². The molecule has 1 aliphatic heterocycles. The van der Waals surface area contributed by atoms with E-state index in [1.54, 1.807) is 7.11 Å². The molecule has 1 aliphatic rings. The number of nitrogens with one attached hydrogen (secondary N) is 1. The van der Waals surface area contributed by atoms with Crippen LogP contribution in [0.25, 0.3) is 0 Å². The minimum atomic E-state index is 0.687. The second-order valence-corrected chi connectivity index (χ2v) is 6.25. The van der Waals surface area contributed by atoms with Gasteiger partial charge in [-0.1, -0.05) is 26.0 Å². The predicted molar refractivity (Wildman–Crippen MR) is 85.2 cm³/mol. The topological polar surface area (TPSA) is 24.5 Å². The van der Waals surface area contributed by atoms with Crippen LogP contribution in [-0.2, 0) is 11.3 Å². The second kappa shape index (κ2) is 7.65. The third kappa shape index (κ3) is 4.50. The molecule has 112 valence electrons. The molecule has 0 saturated carbocycles. The number of methoxy groups -OCH3 is 1. The molecule has 0 bridgehead atoms. The van der Waals surface area contributed by atoms with Crippen LogP contribution < -0.4 is 10.2 Å². The molecule has 0 aromatic heterocycles. The minimum Gasteiger partial charge on any atom is -0.384 e. The summed E-state index contributed by atoms with van der Waals surface area (Å²) in [4.78, 5) is 2.47. The van der Waals surface area contributed by atoms with Gasteiger partial charge >= 0.3 is 0 Å². The summed E-state index contributed by atoms with van der Waals surface area (Å²) in [6.07, 6.45) is 1.24. The molecular formula is C17H28N2O. The molecule has 0 aliphatic carbocycles. The highest BCUT2D eigenvalue weighted by molar-refractivity contribution is 5.48. The standard InChI is InChI=1S/C17H28N2O/c1-14(2)10-18-11-15-4-6-17(7-5-15)19-9-8-16(12-19)13-20-3/h4-7,14,16,18H,8-13H2,1-3H3. The molecule has 0 amide bonds. The van der Waals surface area contributed by atoms with E-state index in [0.717, 1.165) is 32.8 Å². The van der Waals surface area contributed by atoms with Crippen molar-refractivity contribution in [2.45, 2.75) is 26.8 Å². The monoisotopic (exact) mass is 276 g/mol. The summed E-state index contributed by atoms with van der Waals surface area (Å²) in [6, 6.07) is 8.99. The highest BCUT2D eigenvalue weighted by atomic mass is 16.5. The summed E-state index contributed by atoms with van der Waals surface area (Å²) < 4.78 is 5.26. The number of ether oxygens (including phenoxy) is 1. The van der Waals surface area contributed by atoms with Crippen LogP contribution in [0.4, 0.5) is 5.69 Å². The van der Waals surface area contributed by atoms with Crippen molar-refractivity contribution in [1.29, 1.82) is 0 Å². The quantitative estimate of drug-likeness (QED) is 0.829. The lowest BCUT2D eigenvalue weighted by Gasteiger charge is -2.19. The van der Waals surface area contributed by atoms with E-state index in [1.807, 2.05) is 0 Å². The zero-order valence-corrected chi connectivity index (χ0v) is 13.1. The van der Waals surface area contributed by atoms with Crippen LogP contribution in [0.5, 0.6) is 0 Å². The summed E-state index contributed by atoms with van der Waals surface area (Å²) in [6.45, 7) is 9.67. The molecule has 1 aromatic rings. The van der Waals surface area contributed by atoms with Gasteiger partial charge in [-0.3, -0.25) is 0 Å².